The number of carbonyl (C=O) groups is 2. The first-order valence-corrected chi connectivity index (χ1v) is 7.27. The topological polar surface area (TPSA) is 66.4 Å². The highest BCUT2D eigenvalue weighted by Crippen LogP contribution is 2.25. The second-order valence-electron chi connectivity index (χ2n) is 4.05. The number of carbonyl (C=O) groups excluding carboxylic acids is 1. The van der Waals surface area contributed by atoms with E-state index in [1.165, 1.54) is 30.3 Å². The summed E-state index contributed by atoms with van der Waals surface area (Å²) < 4.78 is 14.6. The predicted octanol–water partition coefficient (Wildman–Crippen LogP) is 4.30. The van der Waals surface area contributed by atoms with Crippen LogP contribution < -0.4 is 5.32 Å². The maximum absolute atomic E-state index is 13.7. The zero-order chi connectivity index (χ0) is 15.6. The zero-order valence-electron chi connectivity index (χ0n) is 10.4. The Morgan fingerprint density at radius 3 is 2.48 bits per heavy atom. The molecule has 0 bridgehead atoms. The molecule has 4 nitrogen and oxygen atoms in total. The van der Waals surface area contributed by atoms with Gasteiger partial charge in [-0.25, -0.2) is 9.18 Å². The first-order chi connectivity index (χ1) is 9.90. The number of halogens is 3. The highest BCUT2D eigenvalue weighted by atomic mass is 79.9. The molecule has 2 N–H and O–H groups in total. The smallest absolute Gasteiger partial charge is 0.337 e. The van der Waals surface area contributed by atoms with Crippen molar-refractivity contribution in [2.45, 2.75) is 0 Å². The van der Waals surface area contributed by atoms with Crippen molar-refractivity contribution in [3.63, 3.8) is 0 Å². The lowest BCUT2D eigenvalue weighted by Gasteiger charge is -2.10. The van der Waals surface area contributed by atoms with Gasteiger partial charge in [-0.15, -0.1) is 0 Å². The lowest BCUT2D eigenvalue weighted by molar-refractivity contribution is 0.0698. The Bertz CT molecular complexity index is 714. The largest absolute Gasteiger partial charge is 0.478 e. The summed E-state index contributed by atoms with van der Waals surface area (Å²) in [6.07, 6.45) is 0. The van der Waals surface area contributed by atoms with E-state index in [0.29, 0.717) is 4.47 Å². The highest BCUT2D eigenvalue weighted by Gasteiger charge is 2.18. The molecule has 7 heteroatoms. The minimum absolute atomic E-state index is 0.0806. The third kappa shape index (κ3) is 3.48. The van der Waals surface area contributed by atoms with Crippen LogP contribution in [0.2, 0.25) is 0 Å². The molecule has 0 heterocycles. The zero-order valence-corrected chi connectivity index (χ0v) is 13.5. The molecule has 1 amide bonds. The number of aromatic carboxylic acids is 1. The van der Waals surface area contributed by atoms with E-state index in [1.807, 2.05) is 0 Å². The van der Waals surface area contributed by atoms with Crippen molar-refractivity contribution in [2.24, 2.45) is 0 Å². The van der Waals surface area contributed by atoms with E-state index in [2.05, 4.69) is 37.2 Å². The van der Waals surface area contributed by atoms with Crippen molar-refractivity contribution in [2.75, 3.05) is 5.32 Å². The Kier molecular flexibility index (Phi) is 4.74. The second kappa shape index (κ2) is 6.36. The molecular formula is C14H8Br2FNO3. The standard InChI is InChI=1S/C14H8Br2FNO3/c15-7-4-5-8(14(20)21)11(6-7)18-13(19)12-9(16)2-1-3-10(12)17/h1-6H,(H,18,19)(H,20,21). The van der Waals surface area contributed by atoms with E-state index < -0.39 is 17.7 Å². The average molecular weight is 417 g/mol. The summed E-state index contributed by atoms with van der Waals surface area (Å²) in [5.41, 5.74) is -0.190. The van der Waals surface area contributed by atoms with Gasteiger partial charge in [0.1, 0.15) is 5.82 Å². The van der Waals surface area contributed by atoms with Crippen LogP contribution in [0.5, 0.6) is 0 Å². The Hall–Kier alpha value is -1.73. The van der Waals surface area contributed by atoms with E-state index in [1.54, 1.807) is 0 Å². The Morgan fingerprint density at radius 2 is 1.86 bits per heavy atom. The summed E-state index contributed by atoms with van der Waals surface area (Å²) in [5.74, 6) is -2.63. The molecule has 0 aliphatic heterocycles. The molecule has 0 spiro atoms. The first kappa shape index (κ1) is 15.7. The number of rotatable bonds is 3. The molecule has 0 aliphatic carbocycles. The van der Waals surface area contributed by atoms with Crippen LogP contribution in [-0.2, 0) is 0 Å². The number of amides is 1. The molecule has 0 saturated carbocycles. The third-order valence-corrected chi connectivity index (χ3v) is 3.80. The molecule has 0 aliphatic rings. The third-order valence-electron chi connectivity index (χ3n) is 2.65. The molecule has 0 unspecified atom stereocenters. The Labute approximate surface area is 136 Å². The van der Waals surface area contributed by atoms with Gasteiger partial charge in [0.15, 0.2) is 0 Å². The van der Waals surface area contributed by atoms with Gasteiger partial charge in [-0.05, 0) is 46.3 Å². The molecule has 0 atom stereocenters. The first-order valence-electron chi connectivity index (χ1n) is 5.68. The van der Waals surface area contributed by atoms with E-state index in [-0.39, 0.29) is 21.3 Å². The lowest BCUT2D eigenvalue weighted by atomic mass is 10.1. The van der Waals surface area contributed by atoms with Gasteiger partial charge in [0, 0.05) is 8.95 Å². The number of nitrogens with one attached hydrogen (secondary N) is 1. The number of hydrogen-bond donors (Lipinski definition) is 2. The van der Waals surface area contributed by atoms with Gasteiger partial charge < -0.3 is 10.4 Å². The van der Waals surface area contributed by atoms with Gasteiger partial charge in [-0.2, -0.15) is 0 Å². The van der Waals surface area contributed by atoms with Crippen molar-refractivity contribution in [1.82, 2.24) is 0 Å². The van der Waals surface area contributed by atoms with Crippen LogP contribution in [0.4, 0.5) is 10.1 Å². The van der Waals surface area contributed by atoms with E-state index in [9.17, 15) is 14.0 Å². The van der Waals surface area contributed by atoms with Gasteiger partial charge in [-0.3, -0.25) is 4.79 Å². The fourth-order valence-corrected chi connectivity index (χ4v) is 2.59. The fraction of sp³-hybridized carbons (Fsp3) is 0. The number of benzene rings is 2. The minimum atomic E-state index is -1.19. The number of carboxylic acids is 1. The molecule has 2 rings (SSSR count). The Morgan fingerprint density at radius 1 is 1.14 bits per heavy atom. The average Bonchev–Trinajstić information content (AvgIpc) is 2.38. The summed E-state index contributed by atoms with van der Waals surface area (Å²) in [7, 11) is 0. The van der Waals surface area contributed by atoms with Crippen LogP contribution in [0.15, 0.2) is 45.3 Å². The molecule has 0 aromatic heterocycles. The Balaban J connectivity index is 2.40. The second-order valence-corrected chi connectivity index (χ2v) is 5.82. The molecule has 2 aromatic carbocycles. The van der Waals surface area contributed by atoms with E-state index in [0.717, 1.165) is 6.07 Å². The van der Waals surface area contributed by atoms with Gasteiger partial charge in [0.25, 0.3) is 5.91 Å². The summed E-state index contributed by atoms with van der Waals surface area (Å²) in [5, 5.41) is 11.5. The summed E-state index contributed by atoms with van der Waals surface area (Å²) >= 11 is 6.29. The normalized spacial score (nSPS) is 10.2. The molecule has 21 heavy (non-hydrogen) atoms. The van der Waals surface area contributed by atoms with Crippen molar-refractivity contribution in [1.29, 1.82) is 0 Å². The number of anilines is 1. The fourth-order valence-electron chi connectivity index (χ4n) is 1.71. The molecule has 0 radical (unpaired) electrons. The van der Waals surface area contributed by atoms with Gasteiger partial charge in [0.2, 0.25) is 0 Å². The summed E-state index contributed by atoms with van der Waals surface area (Å²) in [6.45, 7) is 0. The van der Waals surface area contributed by atoms with Crippen molar-refractivity contribution < 1.29 is 19.1 Å². The highest BCUT2D eigenvalue weighted by molar-refractivity contribution is 9.10. The van der Waals surface area contributed by atoms with Crippen molar-refractivity contribution in [3.8, 4) is 0 Å². The minimum Gasteiger partial charge on any atom is -0.478 e. The van der Waals surface area contributed by atoms with Crippen molar-refractivity contribution in [3.05, 3.63) is 62.3 Å². The maximum atomic E-state index is 13.7. The predicted molar refractivity (Wildman–Crippen MR) is 83.2 cm³/mol. The van der Waals surface area contributed by atoms with Crippen LogP contribution in [0.25, 0.3) is 0 Å². The van der Waals surface area contributed by atoms with E-state index >= 15 is 0 Å². The lowest BCUT2D eigenvalue weighted by Crippen LogP contribution is -2.17. The van der Waals surface area contributed by atoms with Crippen LogP contribution in [0, 0.1) is 5.82 Å². The van der Waals surface area contributed by atoms with Gasteiger partial charge in [0.05, 0.1) is 16.8 Å². The summed E-state index contributed by atoms with van der Waals surface area (Å²) in [4.78, 5) is 23.3. The SMILES string of the molecule is O=C(O)c1ccc(Br)cc1NC(=O)c1c(F)cccc1Br. The quantitative estimate of drug-likeness (QED) is 0.783. The molecule has 0 saturated heterocycles. The van der Waals surface area contributed by atoms with Gasteiger partial charge >= 0.3 is 5.97 Å². The maximum Gasteiger partial charge on any atom is 0.337 e. The number of hydrogen-bond acceptors (Lipinski definition) is 2. The number of carboxylic acid groups (broad SMARTS) is 1. The van der Waals surface area contributed by atoms with Gasteiger partial charge in [-0.1, -0.05) is 22.0 Å². The van der Waals surface area contributed by atoms with Crippen LogP contribution in [0.1, 0.15) is 20.7 Å². The van der Waals surface area contributed by atoms with Crippen molar-refractivity contribution >= 4 is 49.4 Å². The van der Waals surface area contributed by atoms with E-state index in [4.69, 9.17) is 5.11 Å². The molecular weight excluding hydrogens is 409 g/mol. The molecule has 108 valence electrons. The monoisotopic (exact) mass is 415 g/mol. The van der Waals surface area contributed by atoms with Crippen LogP contribution >= 0.6 is 31.9 Å². The van der Waals surface area contributed by atoms with Crippen LogP contribution in [0.3, 0.4) is 0 Å². The molecule has 0 fully saturated rings. The summed E-state index contributed by atoms with van der Waals surface area (Å²) in [6, 6.07) is 8.46. The van der Waals surface area contributed by atoms with Crippen LogP contribution in [-0.4, -0.2) is 17.0 Å². The molecule has 2 aromatic rings.